The van der Waals surface area contributed by atoms with Crippen LogP contribution in [0.1, 0.15) is 0 Å². The van der Waals surface area contributed by atoms with E-state index in [4.69, 9.17) is 11.5 Å². The number of fused-ring (bicyclic) bond motifs is 1. The maximum atomic E-state index is 11.2. The van der Waals surface area contributed by atoms with Gasteiger partial charge in [0.25, 0.3) is 5.56 Å². The number of nitrogens with zero attached hydrogens (tertiary/aromatic N) is 1. The highest BCUT2D eigenvalue weighted by atomic mass is 32.2. The molecule has 2 rings (SSSR count). The number of rotatable bonds is 0. The van der Waals surface area contributed by atoms with Gasteiger partial charge in [-0.25, -0.2) is 0 Å². The van der Waals surface area contributed by atoms with Gasteiger partial charge in [0.1, 0.15) is 10.4 Å². The number of nitrogens with one attached hydrogen (secondary N) is 2. The molecule has 1 atom stereocenters. The van der Waals surface area contributed by atoms with Crippen LogP contribution in [0.2, 0.25) is 0 Å². The zero-order chi connectivity index (χ0) is 8.72. The monoisotopic (exact) mass is 185 g/mol. The maximum absolute atomic E-state index is 11.2. The highest BCUT2D eigenvalue weighted by Crippen LogP contribution is 2.31. The minimum Gasteiger partial charge on any atom is -0.369 e. The average Bonchev–Trinajstić information content (AvgIpc) is 2.29. The Balaban J connectivity index is 2.60. The molecule has 0 aromatic carbocycles. The van der Waals surface area contributed by atoms with Crippen molar-refractivity contribution < 1.29 is 0 Å². The summed E-state index contributed by atoms with van der Waals surface area (Å²) >= 11 is 1.23. The number of thioether (sulfide) groups is 1. The minimum atomic E-state index is -0.310. The number of hydrogen-bond acceptors (Lipinski definition) is 6. The van der Waals surface area contributed by atoms with Crippen LogP contribution >= 0.6 is 11.8 Å². The Morgan fingerprint density at radius 1 is 1.58 bits per heavy atom. The first-order chi connectivity index (χ1) is 5.66. The van der Waals surface area contributed by atoms with Gasteiger partial charge in [0.2, 0.25) is 5.95 Å². The molecule has 1 aromatic rings. The van der Waals surface area contributed by atoms with Gasteiger partial charge in [-0.05, 0) is 0 Å². The fourth-order valence-corrected chi connectivity index (χ4v) is 1.78. The summed E-state index contributed by atoms with van der Waals surface area (Å²) in [6, 6.07) is 0. The van der Waals surface area contributed by atoms with E-state index in [9.17, 15) is 4.79 Å². The Hall–Kier alpha value is -1.21. The van der Waals surface area contributed by atoms with Crippen molar-refractivity contribution in [3.8, 4) is 0 Å². The van der Waals surface area contributed by atoms with Crippen LogP contribution in [-0.4, -0.2) is 15.5 Å². The van der Waals surface area contributed by atoms with Crippen molar-refractivity contribution in [1.29, 1.82) is 0 Å². The Kier molecular flexibility index (Phi) is 1.48. The van der Waals surface area contributed by atoms with Gasteiger partial charge in [0, 0.05) is 0 Å². The Labute approximate surface area is 71.7 Å². The summed E-state index contributed by atoms with van der Waals surface area (Å²) in [6.45, 7) is 0. The lowest BCUT2D eigenvalue weighted by Crippen LogP contribution is -2.21. The fourth-order valence-electron chi connectivity index (χ4n) is 0.978. The van der Waals surface area contributed by atoms with Crippen molar-refractivity contribution in [1.82, 2.24) is 9.97 Å². The molecule has 0 bridgehead atoms. The number of aromatic nitrogens is 2. The van der Waals surface area contributed by atoms with E-state index in [1.807, 2.05) is 0 Å². The zero-order valence-corrected chi connectivity index (χ0v) is 6.81. The molecule has 0 radical (unpaired) electrons. The number of hydrogen-bond donors (Lipinski definition) is 4. The van der Waals surface area contributed by atoms with Crippen molar-refractivity contribution in [2.75, 3.05) is 11.1 Å². The molecule has 0 saturated carbocycles. The summed E-state index contributed by atoms with van der Waals surface area (Å²) in [5.41, 5.74) is 10.3. The Bertz CT molecular complexity index is 375. The number of H-pyrrole nitrogens is 1. The van der Waals surface area contributed by atoms with Crippen LogP contribution in [0, 0.1) is 0 Å². The lowest BCUT2D eigenvalue weighted by Gasteiger charge is -1.99. The van der Waals surface area contributed by atoms with E-state index in [0.717, 1.165) is 0 Å². The second kappa shape index (κ2) is 2.39. The average molecular weight is 185 g/mol. The predicted octanol–water partition coefficient (Wildman–Crippen LogP) is -0.888. The molecule has 7 heteroatoms. The van der Waals surface area contributed by atoms with E-state index in [2.05, 4.69) is 15.3 Å². The summed E-state index contributed by atoms with van der Waals surface area (Å²) in [5, 5.41) is 2.81. The molecule has 0 aliphatic carbocycles. The van der Waals surface area contributed by atoms with E-state index in [-0.39, 0.29) is 17.0 Å². The highest BCUT2D eigenvalue weighted by molar-refractivity contribution is 8.00. The summed E-state index contributed by atoms with van der Waals surface area (Å²) in [5.74, 6) is 0.565. The Morgan fingerprint density at radius 3 is 3.08 bits per heavy atom. The van der Waals surface area contributed by atoms with E-state index in [0.29, 0.717) is 10.7 Å². The molecule has 1 aliphatic rings. The van der Waals surface area contributed by atoms with Crippen molar-refractivity contribution in [3.63, 3.8) is 0 Å². The van der Waals surface area contributed by atoms with Gasteiger partial charge in [-0.1, -0.05) is 11.8 Å². The van der Waals surface area contributed by atoms with Crippen LogP contribution < -0.4 is 22.3 Å². The number of aromatic amines is 1. The quantitative estimate of drug-likeness (QED) is 0.417. The fraction of sp³-hybridized carbons (Fsp3) is 0.200. The molecular formula is C5H7N5OS. The topological polar surface area (TPSA) is 110 Å². The van der Waals surface area contributed by atoms with Crippen molar-refractivity contribution >= 4 is 23.5 Å². The smallest absolute Gasteiger partial charge is 0.268 e. The molecule has 2 heterocycles. The number of nitrogens with two attached hydrogens (primary N) is 2. The summed E-state index contributed by atoms with van der Waals surface area (Å²) in [7, 11) is 0. The van der Waals surface area contributed by atoms with Crippen LogP contribution in [-0.2, 0) is 0 Å². The van der Waals surface area contributed by atoms with E-state index in [1.165, 1.54) is 11.8 Å². The van der Waals surface area contributed by atoms with Gasteiger partial charge in [-0.15, -0.1) is 0 Å². The summed E-state index contributed by atoms with van der Waals surface area (Å²) < 4.78 is 0. The van der Waals surface area contributed by atoms with Crippen LogP contribution in [0.4, 0.5) is 11.8 Å². The SMILES string of the molecule is Nc1nc2c(c(=O)[nH]1)SC(N)N2. The highest BCUT2D eigenvalue weighted by Gasteiger charge is 2.22. The van der Waals surface area contributed by atoms with Gasteiger partial charge in [-0.2, -0.15) is 4.98 Å². The predicted molar refractivity (Wildman–Crippen MR) is 46.7 cm³/mol. The summed E-state index contributed by atoms with van der Waals surface area (Å²) in [4.78, 5) is 17.9. The third kappa shape index (κ3) is 1.03. The second-order valence-corrected chi connectivity index (χ2v) is 3.46. The third-order valence-electron chi connectivity index (χ3n) is 1.42. The van der Waals surface area contributed by atoms with Crippen LogP contribution in [0.3, 0.4) is 0 Å². The van der Waals surface area contributed by atoms with E-state index in [1.54, 1.807) is 0 Å². The standard InChI is InChI=1S/C5H7N5OS/c6-4-8-2-1(3(11)10-4)12-5(7)9-2/h5H,7H2,(H4,6,8,9,10,11). The normalized spacial score (nSPS) is 20.2. The molecule has 0 saturated heterocycles. The van der Waals surface area contributed by atoms with Gasteiger partial charge in [0.15, 0.2) is 5.82 Å². The van der Waals surface area contributed by atoms with Gasteiger partial charge < -0.3 is 16.8 Å². The first-order valence-electron chi connectivity index (χ1n) is 3.25. The van der Waals surface area contributed by atoms with Crippen molar-refractivity contribution in [2.45, 2.75) is 10.4 Å². The first kappa shape index (κ1) is 7.44. The van der Waals surface area contributed by atoms with Crippen molar-refractivity contribution in [3.05, 3.63) is 10.4 Å². The molecule has 1 aliphatic heterocycles. The minimum absolute atomic E-state index is 0.0981. The number of nitrogen functional groups attached to an aromatic ring is 1. The maximum Gasteiger partial charge on any atom is 0.268 e. The van der Waals surface area contributed by atoms with Gasteiger partial charge in [0.05, 0.1) is 0 Å². The Morgan fingerprint density at radius 2 is 2.33 bits per heavy atom. The van der Waals surface area contributed by atoms with Crippen LogP contribution in [0.15, 0.2) is 9.69 Å². The molecule has 1 unspecified atom stereocenters. The van der Waals surface area contributed by atoms with Gasteiger partial charge in [-0.3, -0.25) is 9.78 Å². The van der Waals surface area contributed by atoms with Crippen LogP contribution in [0.5, 0.6) is 0 Å². The lowest BCUT2D eigenvalue weighted by molar-refractivity contribution is 1.03. The second-order valence-electron chi connectivity index (χ2n) is 2.31. The van der Waals surface area contributed by atoms with Crippen molar-refractivity contribution in [2.24, 2.45) is 5.73 Å². The van der Waals surface area contributed by atoms with E-state index < -0.39 is 0 Å². The molecule has 6 N–H and O–H groups in total. The largest absolute Gasteiger partial charge is 0.369 e. The molecule has 0 amide bonds. The molecular weight excluding hydrogens is 178 g/mol. The molecule has 0 fully saturated rings. The zero-order valence-electron chi connectivity index (χ0n) is 6.00. The first-order valence-corrected chi connectivity index (χ1v) is 4.13. The number of anilines is 2. The molecule has 64 valence electrons. The third-order valence-corrected chi connectivity index (χ3v) is 2.41. The molecule has 6 nitrogen and oxygen atoms in total. The van der Waals surface area contributed by atoms with Crippen LogP contribution in [0.25, 0.3) is 0 Å². The molecule has 12 heavy (non-hydrogen) atoms. The molecule has 1 aromatic heterocycles. The summed E-state index contributed by atoms with van der Waals surface area (Å²) in [6.07, 6.45) is 0. The van der Waals surface area contributed by atoms with E-state index >= 15 is 0 Å². The lowest BCUT2D eigenvalue weighted by atomic mass is 10.5. The molecule has 0 spiro atoms. The van der Waals surface area contributed by atoms with Gasteiger partial charge >= 0.3 is 0 Å².